The predicted molar refractivity (Wildman–Crippen MR) is 56.9 cm³/mol. The summed E-state index contributed by atoms with van der Waals surface area (Å²) in [6.45, 7) is -0.410. The first-order valence-corrected chi connectivity index (χ1v) is 6.79. The number of rotatable bonds is 5. The molecule has 8 nitrogen and oxygen atoms in total. The summed E-state index contributed by atoms with van der Waals surface area (Å²) in [7, 11) is -2.95. The van der Waals surface area contributed by atoms with E-state index in [0.29, 0.717) is 6.42 Å². The Morgan fingerprint density at radius 3 is 2.65 bits per heavy atom. The fourth-order valence-corrected chi connectivity index (χ4v) is 3.33. The highest BCUT2D eigenvalue weighted by atomic mass is 32.2. The number of carboxylic acids is 1. The second-order valence-corrected chi connectivity index (χ2v) is 5.99. The van der Waals surface area contributed by atoms with Gasteiger partial charge in [0.05, 0.1) is 11.5 Å². The minimum Gasteiger partial charge on any atom is -0.479 e. The van der Waals surface area contributed by atoms with E-state index in [1.807, 2.05) is 5.48 Å². The average molecular weight is 266 g/mol. The van der Waals surface area contributed by atoms with E-state index in [-0.39, 0.29) is 24.0 Å². The average Bonchev–Trinajstić information content (AvgIpc) is 2.55. The van der Waals surface area contributed by atoms with Crippen molar-refractivity contribution >= 4 is 21.8 Å². The molecule has 17 heavy (non-hydrogen) atoms. The number of hydrogen-bond donors (Lipinski definition) is 3. The van der Waals surface area contributed by atoms with Crippen LogP contribution in [0.3, 0.4) is 0 Å². The van der Waals surface area contributed by atoms with Crippen molar-refractivity contribution in [3.8, 4) is 0 Å². The van der Waals surface area contributed by atoms with Crippen molar-refractivity contribution in [2.45, 2.75) is 6.42 Å². The molecule has 98 valence electrons. The van der Waals surface area contributed by atoms with Crippen molar-refractivity contribution in [1.82, 2.24) is 10.8 Å². The fourth-order valence-electron chi connectivity index (χ4n) is 1.47. The van der Waals surface area contributed by atoms with Gasteiger partial charge in [0.1, 0.15) is 0 Å². The maximum absolute atomic E-state index is 11.1. The lowest BCUT2D eigenvalue weighted by Gasteiger charge is -2.09. The van der Waals surface area contributed by atoms with Crippen LogP contribution < -0.4 is 10.8 Å². The highest BCUT2D eigenvalue weighted by molar-refractivity contribution is 7.91. The van der Waals surface area contributed by atoms with Crippen LogP contribution >= 0.6 is 0 Å². The van der Waals surface area contributed by atoms with E-state index in [4.69, 9.17) is 5.11 Å². The van der Waals surface area contributed by atoms with E-state index in [1.54, 1.807) is 0 Å². The van der Waals surface area contributed by atoms with E-state index in [9.17, 15) is 18.0 Å². The highest BCUT2D eigenvalue weighted by Crippen LogP contribution is 2.17. The molecule has 1 fully saturated rings. The minimum atomic E-state index is -2.95. The second-order valence-electron chi connectivity index (χ2n) is 3.76. The van der Waals surface area contributed by atoms with Crippen LogP contribution in [0, 0.1) is 5.92 Å². The van der Waals surface area contributed by atoms with Crippen molar-refractivity contribution in [1.29, 1.82) is 0 Å². The van der Waals surface area contributed by atoms with Crippen LogP contribution in [-0.4, -0.2) is 50.2 Å². The lowest BCUT2D eigenvalue weighted by molar-refractivity contribution is -0.144. The number of hydrogen-bond acceptors (Lipinski definition) is 5. The van der Waals surface area contributed by atoms with Crippen LogP contribution in [0.15, 0.2) is 0 Å². The molecule has 0 aromatic carbocycles. The Hall–Kier alpha value is -1.35. The quantitative estimate of drug-likeness (QED) is 0.534. The Morgan fingerprint density at radius 2 is 2.12 bits per heavy atom. The van der Waals surface area contributed by atoms with Gasteiger partial charge in [-0.15, -0.1) is 0 Å². The van der Waals surface area contributed by atoms with Gasteiger partial charge in [-0.25, -0.2) is 23.5 Å². The molecule has 0 aromatic heterocycles. The molecule has 1 aliphatic heterocycles. The van der Waals surface area contributed by atoms with E-state index in [2.05, 4.69) is 10.2 Å². The van der Waals surface area contributed by atoms with Crippen LogP contribution in [0.4, 0.5) is 4.79 Å². The Kier molecular flexibility index (Phi) is 4.70. The molecule has 3 N–H and O–H groups in total. The van der Waals surface area contributed by atoms with Crippen LogP contribution in [0.5, 0.6) is 0 Å². The van der Waals surface area contributed by atoms with E-state index < -0.39 is 28.4 Å². The first-order valence-electron chi connectivity index (χ1n) is 4.97. The van der Waals surface area contributed by atoms with Crippen LogP contribution in [0.1, 0.15) is 6.42 Å². The molecule has 1 unspecified atom stereocenters. The lowest BCUT2D eigenvalue weighted by atomic mass is 10.1. The summed E-state index contributed by atoms with van der Waals surface area (Å²) in [6, 6.07) is -0.685. The molecule has 1 aliphatic rings. The van der Waals surface area contributed by atoms with Crippen LogP contribution in [0.2, 0.25) is 0 Å². The molecule has 0 bridgehead atoms. The van der Waals surface area contributed by atoms with Gasteiger partial charge >= 0.3 is 12.0 Å². The largest absolute Gasteiger partial charge is 0.479 e. The number of amides is 2. The van der Waals surface area contributed by atoms with E-state index in [0.717, 1.165) is 0 Å². The number of carbonyl (C=O) groups is 2. The van der Waals surface area contributed by atoms with Crippen molar-refractivity contribution in [3.05, 3.63) is 0 Å². The fraction of sp³-hybridized carbons (Fsp3) is 0.750. The highest BCUT2D eigenvalue weighted by Gasteiger charge is 2.27. The van der Waals surface area contributed by atoms with Gasteiger partial charge in [0.15, 0.2) is 16.4 Å². The van der Waals surface area contributed by atoms with Gasteiger partial charge in [0, 0.05) is 6.54 Å². The van der Waals surface area contributed by atoms with E-state index >= 15 is 0 Å². The van der Waals surface area contributed by atoms with Crippen LogP contribution in [0.25, 0.3) is 0 Å². The number of urea groups is 1. The van der Waals surface area contributed by atoms with Crippen LogP contribution in [-0.2, 0) is 19.5 Å². The topological polar surface area (TPSA) is 122 Å². The van der Waals surface area contributed by atoms with Gasteiger partial charge < -0.3 is 10.4 Å². The molecule has 0 aliphatic carbocycles. The SMILES string of the molecule is O=C(O)CONC(=O)NCC1CCS(=O)(=O)C1. The monoisotopic (exact) mass is 266 g/mol. The normalized spacial score (nSPS) is 22.0. The number of aliphatic carboxylic acids is 1. The zero-order valence-electron chi connectivity index (χ0n) is 9.01. The predicted octanol–water partition coefficient (Wildman–Crippen LogP) is -1.26. The molecule has 0 spiro atoms. The van der Waals surface area contributed by atoms with Crippen molar-refractivity contribution in [3.63, 3.8) is 0 Å². The molecule has 1 heterocycles. The molecular weight excluding hydrogens is 252 g/mol. The van der Waals surface area contributed by atoms with Crippen molar-refractivity contribution < 1.29 is 28.0 Å². The lowest BCUT2D eigenvalue weighted by Crippen LogP contribution is -2.39. The number of carboxylic acid groups (broad SMARTS) is 1. The summed E-state index contributed by atoms with van der Waals surface area (Å²) >= 11 is 0. The molecule has 0 saturated carbocycles. The number of nitrogens with one attached hydrogen (secondary N) is 2. The minimum absolute atomic E-state index is 0.0727. The summed E-state index contributed by atoms with van der Waals surface area (Å²) in [4.78, 5) is 25.4. The van der Waals surface area contributed by atoms with Crippen molar-refractivity contribution in [2.24, 2.45) is 5.92 Å². The third-order valence-corrected chi connectivity index (χ3v) is 4.08. The molecule has 1 atom stereocenters. The smallest absolute Gasteiger partial charge is 0.338 e. The van der Waals surface area contributed by atoms with Gasteiger partial charge in [-0.1, -0.05) is 0 Å². The first kappa shape index (κ1) is 13.7. The molecule has 1 rings (SSSR count). The Morgan fingerprint density at radius 1 is 1.41 bits per heavy atom. The first-order chi connectivity index (χ1) is 7.89. The summed E-state index contributed by atoms with van der Waals surface area (Å²) in [6.07, 6.45) is 0.526. The third kappa shape index (κ3) is 5.50. The maximum atomic E-state index is 11.1. The van der Waals surface area contributed by atoms with Gasteiger partial charge in [-0.2, -0.15) is 0 Å². The molecule has 0 aromatic rings. The Labute approximate surface area is 98.2 Å². The van der Waals surface area contributed by atoms with Gasteiger partial charge in [0.25, 0.3) is 0 Å². The standard InChI is InChI=1S/C8H14N2O6S/c11-7(12)4-16-10-8(13)9-3-6-1-2-17(14,15)5-6/h6H,1-5H2,(H,11,12)(H2,9,10,13). The zero-order chi connectivity index (χ0) is 12.9. The van der Waals surface area contributed by atoms with Gasteiger partial charge in [-0.3, -0.25) is 4.84 Å². The summed E-state index contributed by atoms with van der Waals surface area (Å²) in [5.74, 6) is -1.07. The molecule has 0 radical (unpaired) electrons. The van der Waals surface area contributed by atoms with E-state index in [1.165, 1.54) is 0 Å². The Bertz CT molecular complexity index is 393. The third-order valence-electron chi connectivity index (χ3n) is 2.24. The van der Waals surface area contributed by atoms with Crippen molar-refractivity contribution in [2.75, 3.05) is 24.7 Å². The summed E-state index contributed by atoms with van der Waals surface area (Å²) < 4.78 is 22.2. The number of hydroxylamine groups is 1. The zero-order valence-corrected chi connectivity index (χ0v) is 9.83. The molecule has 2 amide bonds. The molecule has 1 saturated heterocycles. The molecular formula is C8H14N2O6S. The molecule has 9 heteroatoms. The number of sulfone groups is 1. The van der Waals surface area contributed by atoms with Gasteiger partial charge in [-0.05, 0) is 12.3 Å². The van der Waals surface area contributed by atoms with Gasteiger partial charge in [0.2, 0.25) is 0 Å². The second kappa shape index (κ2) is 5.82. The summed E-state index contributed by atoms with van der Waals surface area (Å²) in [5, 5.41) is 10.6. The Balaban J connectivity index is 2.14. The maximum Gasteiger partial charge on any atom is 0.338 e. The summed E-state index contributed by atoms with van der Waals surface area (Å²) in [5.41, 5.74) is 1.88. The number of carbonyl (C=O) groups excluding carboxylic acids is 1.